The van der Waals surface area contributed by atoms with Crippen molar-refractivity contribution in [3.05, 3.63) is 66.6 Å². The minimum atomic E-state index is -0.648. The molecule has 0 aliphatic rings. The summed E-state index contributed by atoms with van der Waals surface area (Å²) in [4.78, 5) is 25.4. The molecule has 0 saturated carbocycles. The standard InChI is InChI=1S/C22H21N5O2/c1-22(2,3)29-16-11-9-14(10-12-16)20-25-17(19(23)28)18-21(26-20)27(13-24-18)15-7-5-4-6-8-15/h4-13H,1-3H3,(H2,23,28). The van der Waals surface area contributed by atoms with Gasteiger partial charge in [0.15, 0.2) is 17.2 Å². The van der Waals surface area contributed by atoms with Crippen molar-refractivity contribution in [3.63, 3.8) is 0 Å². The van der Waals surface area contributed by atoms with Gasteiger partial charge in [-0.2, -0.15) is 0 Å². The number of carbonyl (C=O) groups is 1. The molecule has 2 heterocycles. The smallest absolute Gasteiger partial charge is 0.269 e. The van der Waals surface area contributed by atoms with Crippen LogP contribution < -0.4 is 10.5 Å². The minimum Gasteiger partial charge on any atom is -0.488 e. The molecule has 0 spiro atoms. The molecule has 29 heavy (non-hydrogen) atoms. The van der Waals surface area contributed by atoms with E-state index in [1.54, 1.807) is 6.33 Å². The number of ether oxygens (including phenoxy) is 1. The Morgan fingerprint density at radius 2 is 1.69 bits per heavy atom. The molecule has 0 aliphatic carbocycles. The molecule has 2 aromatic carbocycles. The lowest BCUT2D eigenvalue weighted by atomic mass is 10.1. The summed E-state index contributed by atoms with van der Waals surface area (Å²) in [6.45, 7) is 5.96. The second-order valence-electron chi connectivity index (χ2n) is 7.62. The molecule has 4 rings (SSSR count). The molecule has 2 aromatic heterocycles. The van der Waals surface area contributed by atoms with Crippen LogP contribution in [0.4, 0.5) is 0 Å². The van der Waals surface area contributed by atoms with Gasteiger partial charge in [0.05, 0.1) is 0 Å². The van der Waals surface area contributed by atoms with E-state index >= 15 is 0 Å². The van der Waals surface area contributed by atoms with Gasteiger partial charge in [-0.1, -0.05) is 18.2 Å². The van der Waals surface area contributed by atoms with E-state index in [0.29, 0.717) is 17.0 Å². The van der Waals surface area contributed by atoms with E-state index in [4.69, 9.17) is 10.5 Å². The normalized spacial score (nSPS) is 11.6. The summed E-state index contributed by atoms with van der Waals surface area (Å²) in [6.07, 6.45) is 1.62. The zero-order valence-electron chi connectivity index (χ0n) is 16.5. The summed E-state index contributed by atoms with van der Waals surface area (Å²) in [5.74, 6) is 0.489. The largest absolute Gasteiger partial charge is 0.488 e. The third-order valence-corrected chi connectivity index (χ3v) is 4.20. The van der Waals surface area contributed by atoms with Crippen molar-refractivity contribution in [2.45, 2.75) is 26.4 Å². The van der Waals surface area contributed by atoms with Gasteiger partial charge in [-0.05, 0) is 57.2 Å². The number of nitrogens with zero attached hydrogens (tertiary/aromatic N) is 4. The third kappa shape index (κ3) is 3.80. The Balaban J connectivity index is 1.84. The van der Waals surface area contributed by atoms with E-state index < -0.39 is 5.91 Å². The van der Waals surface area contributed by atoms with Crippen molar-refractivity contribution in [3.8, 4) is 22.8 Å². The number of fused-ring (bicyclic) bond motifs is 1. The van der Waals surface area contributed by atoms with Gasteiger partial charge in [0.2, 0.25) is 0 Å². The SMILES string of the molecule is CC(C)(C)Oc1ccc(-c2nc(C(N)=O)c3ncn(-c4ccccc4)c3n2)cc1. The average molecular weight is 387 g/mol. The quantitative estimate of drug-likeness (QED) is 0.575. The average Bonchev–Trinajstić information content (AvgIpc) is 3.11. The van der Waals surface area contributed by atoms with Gasteiger partial charge in [-0.15, -0.1) is 0 Å². The van der Waals surface area contributed by atoms with Gasteiger partial charge in [0.1, 0.15) is 23.2 Å². The zero-order chi connectivity index (χ0) is 20.6. The van der Waals surface area contributed by atoms with E-state index in [1.807, 2.05) is 79.9 Å². The highest BCUT2D eigenvalue weighted by atomic mass is 16.5. The summed E-state index contributed by atoms with van der Waals surface area (Å²) in [6, 6.07) is 17.1. The highest BCUT2D eigenvalue weighted by Crippen LogP contribution is 2.26. The Kier molecular flexibility index (Phi) is 4.50. The Morgan fingerprint density at radius 3 is 2.31 bits per heavy atom. The zero-order valence-corrected chi connectivity index (χ0v) is 16.5. The van der Waals surface area contributed by atoms with Crippen LogP contribution in [-0.2, 0) is 0 Å². The molecule has 0 unspecified atom stereocenters. The lowest BCUT2D eigenvalue weighted by Crippen LogP contribution is -2.22. The first-order chi connectivity index (χ1) is 13.8. The Morgan fingerprint density at radius 1 is 1.00 bits per heavy atom. The maximum Gasteiger partial charge on any atom is 0.269 e. The maximum atomic E-state index is 12.0. The predicted molar refractivity (Wildman–Crippen MR) is 111 cm³/mol. The van der Waals surface area contributed by atoms with Crippen molar-refractivity contribution >= 4 is 17.1 Å². The van der Waals surface area contributed by atoms with Crippen LogP contribution in [0.1, 0.15) is 31.3 Å². The van der Waals surface area contributed by atoms with Crippen LogP contribution in [-0.4, -0.2) is 31.0 Å². The second kappa shape index (κ2) is 7.01. The molecule has 0 aliphatic heterocycles. The lowest BCUT2D eigenvalue weighted by Gasteiger charge is -2.21. The van der Waals surface area contributed by atoms with E-state index in [0.717, 1.165) is 17.0 Å². The summed E-state index contributed by atoms with van der Waals surface area (Å²) < 4.78 is 7.67. The number of hydrogen-bond donors (Lipinski definition) is 1. The van der Waals surface area contributed by atoms with Crippen LogP contribution in [0.2, 0.25) is 0 Å². The lowest BCUT2D eigenvalue weighted by molar-refractivity contribution is 0.0997. The monoisotopic (exact) mass is 387 g/mol. The number of primary amides is 1. The predicted octanol–water partition coefficient (Wildman–Crippen LogP) is 3.76. The van der Waals surface area contributed by atoms with Gasteiger partial charge in [0.25, 0.3) is 5.91 Å². The molecule has 1 amide bonds. The number of imidazole rings is 1. The fraction of sp³-hybridized carbons (Fsp3) is 0.182. The highest BCUT2D eigenvalue weighted by molar-refractivity contribution is 6.02. The van der Waals surface area contributed by atoms with Crippen LogP contribution in [0, 0.1) is 0 Å². The van der Waals surface area contributed by atoms with E-state index in [-0.39, 0.29) is 11.3 Å². The van der Waals surface area contributed by atoms with Crippen LogP contribution in [0.3, 0.4) is 0 Å². The first-order valence-corrected chi connectivity index (χ1v) is 9.21. The molecular weight excluding hydrogens is 366 g/mol. The Hall–Kier alpha value is -3.74. The molecule has 4 aromatic rings. The first-order valence-electron chi connectivity index (χ1n) is 9.21. The molecular formula is C22H21N5O2. The topological polar surface area (TPSA) is 95.9 Å². The van der Waals surface area contributed by atoms with E-state index in [1.165, 1.54) is 0 Å². The number of carbonyl (C=O) groups excluding carboxylic acids is 1. The number of rotatable bonds is 4. The molecule has 0 fully saturated rings. The van der Waals surface area contributed by atoms with Crippen molar-refractivity contribution < 1.29 is 9.53 Å². The van der Waals surface area contributed by atoms with Crippen molar-refractivity contribution in [1.29, 1.82) is 0 Å². The molecule has 2 N–H and O–H groups in total. The van der Waals surface area contributed by atoms with Crippen LogP contribution in [0.5, 0.6) is 5.75 Å². The fourth-order valence-corrected chi connectivity index (χ4v) is 3.00. The summed E-state index contributed by atoms with van der Waals surface area (Å²) in [7, 11) is 0. The number of amides is 1. The van der Waals surface area contributed by atoms with E-state index in [2.05, 4.69) is 15.0 Å². The fourth-order valence-electron chi connectivity index (χ4n) is 3.00. The van der Waals surface area contributed by atoms with Crippen LogP contribution in [0.15, 0.2) is 60.9 Å². The molecule has 146 valence electrons. The van der Waals surface area contributed by atoms with Gasteiger partial charge >= 0.3 is 0 Å². The number of nitrogens with two attached hydrogens (primary N) is 1. The Labute approximate surface area is 168 Å². The van der Waals surface area contributed by atoms with Gasteiger partial charge < -0.3 is 10.5 Å². The van der Waals surface area contributed by atoms with Crippen molar-refractivity contribution in [1.82, 2.24) is 19.5 Å². The maximum absolute atomic E-state index is 12.0. The van der Waals surface area contributed by atoms with E-state index in [9.17, 15) is 4.79 Å². The summed E-state index contributed by atoms with van der Waals surface area (Å²) in [5, 5.41) is 0. The van der Waals surface area contributed by atoms with Crippen LogP contribution >= 0.6 is 0 Å². The van der Waals surface area contributed by atoms with Crippen molar-refractivity contribution in [2.24, 2.45) is 5.73 Å². The first kappa shape index (κ1) is 18.6. The number of para-hydroxylation sites is 1. The Bertz CT molecular complexity index is 1180. The second-order valence-corrected chi connectivity index (χ2v) is 7.62. The molecule has 0 atom stereocenters. The molecule has 0 radical (unpaired) electrons. The minimum absolute atomic E-state index is 0.0923. The molecule has 7 heteroatoms. The highest BCUT2D eigenvalue weighted by Gasteiger charge is 2.19. The molecule has 7 nitrogen and oxygen atoms in total. The number of benzene rings is 2. The molecule has 0 bridgehead atoms. The number of aromatic nitrogens is 4. The van der Waals surface area contributed by atoms with Crippen molar-refractivity contribution in [2.75, 3.05) is 0 Å². The summed E-state index contributed by atoms with van der Waals surface area (Å²) >= 11 is 0. The third-order valence-electron chi connectivity index (χ3n) is 4.20. The summed E-state index contributed by atoms with van der Waals surface area (Å²) in [5.41, 5.74) is 7.89. The van der Waals surface area contributed by atoms with Gasteiger partial charge in [-0.25, -0.2) is 15.0 Å². The number of hydrogen-bond acceptors (Lipinski definition) is 5. The van der Waals surface area contributed by atoms with Gasteiger partial charge in [0, 0.05) is 11.3 Å². The van der Waals surface area contributed by atoms with Gasteiger partial charge in [-0.3, -0.25) is 9.36 Å². The van der Waals surface area contributed by atoms with Crippen LogP contribution in [0.25, 0.3) is 28.2 Å². The molecule has 0 saturated heterocycles.